The van der Waals surface area contributed by atoms with Gasteiger partial charge in [-0.25, -0.2) is 0 Å². The fraction of sp³-hybridized carbons (Fsp3) is 0.654. The van der Waals surface area contributed by atoms with Crippen molar-refractivity contribution in [2.75, 3.05) is 0 Å². The molecule has 0 bridgehead atoms. The molecule has 2 heteroatoms. The van der Waals surface area contributed by atoms with E-state index in [1.165, 1.54) is 77.0 Å². The Morgan fingerprint density at radius 1 is 1.00 bits per heavy atom. The molecule has 0 atom stereocenters. The Hall–Kier alpha value is -1.07. The molecule has 2 aliphatic carbocycles. The van der Waals surface area contributed by atoms with Gasteiger partial charge in [-0.15, -0.1) is 0 Å². The number of benzene rings is 1. The van der Waals surface area contributed by atoms with Gasteiger partial charge in [-0.1, -0.05) is 73.5 Å². The van der Waals surface area contributed by atoms with Gasteiger partial charge < -0.3 is 0 Å². The number of allylic oxidation sites excluding steroid dienone is 1. The first kappa shape index (κ1) is 21.6. The number of hydrogen-bond donors (Lipinski definition) is 0. The van der Waals surface area contributed by atoms with E-state index >= 15 is 0 Å². The first-order valence-electron chi connectivity index (χ1n) is 11.6. The van der Waals surface area contributed by atoms with E-state index in [1.54, 1.807) is 0 Å². The van der Waals surface area contributed by atoms with Crippen molar-refractivity contribution < 1.29 is 0 Å². The number of unbranched alkanes of at least 4 members (excludes halogenated alkanes) is 2. The Morgan fingerprint density at radius 2 is 1.68 bits per heavy atom. The first-order chi connectivity index (χ1) is 13.7. The predicted octanol–water partition coefficient (Wildman–Crippen LogP) is 8.53. The van der Waals surface area contributed by atoms with Crippen LogP contribution in [0.4, 0.5) is 0 Å². The van der Waals surface area contributed by atoms with Gasteiger partial charge in [0.1, 0.15) is 0 Å². The Bertz CT molecular complexity index is 670. The molecular formula is C26H36BrN. The summed E-state index contributed by atoms with van der Waals surface area (Å²) in [7, 11) is 0. The van der Waals surface area contributed by atoms with E-state index in [2.05, 4.69) is 47.1 Å². The summed E-state index contributed by atoms with van der Waals surface area (Å²) in [5, 5.41) is 9.31. The van der Waals surface area contributed by atoms with E-state index in [1.807, 2.05) is 12.1 Å². The zero-order chi connectivity index (χ0) is 19.8. The third kappa shape index (κ3) is 6.21. The lowest BCUT2D eigenvalue weighted by atomic mass is 9.68. The van der Waals surface area contributed by atoms with Crippen LogP contribution in [0.3, 0.4) is 0 Å². The van der Waals surface area contributed by atoms with E-state index in [0.717, 1.165) is 33.4 Å². The van der Waals surface area contributed by atoms with Crippen molar-refractivity contribution in [1.82, 2.24) is 0 Å². The van der Waals surface area contributed by atoms with Crippen LogP contribution in [0.25, 0.3) is 6.08 Å². The summed E-state index contributed by atoms with van der Waals surface area (Å²) in [4.78, 5) is 0. The lowest BCUT2D eigenvalue weighted by Crippen LogP contribution is -2.25. The van der Waals surface area contributed by atoms with Crippen molar-refractivity contribution in [3.05, 3.63) is 39.9 Å². The zero-order valence-electron chi connectivity index (χ0n) is 17.5. The van der Waals surface area contributed by atoms with Crippen LogP contribution in [0.15, 0.2) is 28.7 Å². The highest BCUT2D eigenvalue weighted by atomic mass is 79.9. The Balaban J connectivity index is 1.43. The summed E-state index contributed by atoms with van der Waals surface area (Å²) in [5.41, 5.74) is 1.81. The highest BCUT2D eigenvalue weighted by Gasteiger charge is 2.30. The molecule has 0 radical (unpaired) electrons. The summed E-state index contributed by atoms with van der Waals surface area (Å²) in [6.07, 6.45) is 21.7. The predicted molar refractivity (Wildman–Crippen MR) is 123 cm³/mol. The lowest BCUT2D eigenvalue weighted by molar-refractivity contribution is 0.151. The lowest BCUT2D eigenvalue weighted by Gasteiger charge is -2.37. The zero-order valence-corrected chi connectivity index (χ0v) is 19.1. The molecule has 1 aromatic carbocycles. The Morgan fingerprint density at radius 3 is 2.32 bits per heavy atom. The Labute approximate surface area is 180 Å². The Kier molecular flexibility index (Phi) is 8.66. The minimum Gasteiger partial charge on any atom is -0.192 e. The van der Waals surface area contributed by atoms with Gasteiger partial charge in [-0.2, -0.15) is 5.26 Å². The molecule has 152 valence electrons. The topological polar surface area (TPSA) is 23.8 Å². The molecule has 0 spiro atoms. The highest BCUT2D eigenvalue weighted by molar-refractivity contribution is 9.10. The molecular weight excluding hydrogens is 406 g/mol. The van der Waals surface area contributed by atoms with Crippen LogP contribution in [0.1, 0.15) is 95.1 Å². The summed E-state index contributed by atoms with van der Waals surface area (Å²) >= 11 is 3.52. The quantitative estimate of drug-likeness (QED) is 0.388. The van der Waals surface area contributed by atoms with Crippen LogP contribution in [0.5, 0.6) is 0 Å². The van der Waals surface area contributed by atoms with Crippen molar-refractivity contribution >= 4 is 22.0 Å². The second-order valence-corrected chi connectivity index (χ2v) is 10.1. The van der Waals surface area contributed by atoms with Crippen LogP contribution in [-0.2, 0) is 0 Å². The van der Waals surface area contributed by atoms with Gasteiger partial charge in [0.25, 0.3) is 0 Å². The van der Waals surface area contributed by atoms with Gasteiger partial charge >= 0.3 is 0 Å². The van der Waals surface area contributed by atoms with E-state index in [9.17, 15) is 5.26 Å². The van der Waals surface area contributed by atoms with E-state index in [4.69, 9.17) is 0 Å². The van der Waals surface area contributed by atoms with Crippen molar-refractivity contribution in [1.29, 1.82) is 5.26 Å². The van der Waals surface area contributed by atoms with Crippen LogP contribution in [0.2, 0.25) is 0 Å². The van der Waals surface area contributed by atoms with Gasteiger partial charge in [0.2, 0.25) is 0 Å². The van der Waals surface area contributed by atoms with Crippen molar-refractivity contribution in [3.8, 4) is 6.07 Å². The largest absolute Gasteiger partial charge is 0.192 e. The third-order valence-corrected chi connectivity index (χ3v) is 7.77. The summed E-state index contributed by atoms with van der Waals surface area (Å²) in [5.74, 6) is 3.69. The van der Waals surface area contributed by atoms with Crippen molar-refractivity contribution in [3.63, 3.8) is 0 Å². The average molecular weight is 442 g/mol. The van der Waals surface area contributed by atoms with Gasteiger partial charge in [0, 0.05) is 4.47 Å². The second-order valence-electron chi connectivity index (χ2n) is 9.15. The minimum absolute atomic E-state index is 0.687. The van der Waals surface area contributed by atoms with E-state index in [-0.39, 0.29) is 0 Å². The number of rotatable bonds is 7. The number of nitriles is 1. The maximum Gasteiger partial charge on any atom is 0.0997 e. The fourth-order valence-corrected chi connectivity index (χ4v) is 5.83. The summed E-state index contributed by atoms with van der Waals surface area (Å²) < 4.78 is 1.04. The maximum atomic E-state index is 9.31. The molecule has 2 aliphatic rings. The minimum atomic E-state index is 0.687. The van der Waals surface area contributed by atoms with Crippen molar-refractivity contribution in [2.24, 2.45) is 23.7 Å². The molecule has 0 amide bonds. The number of nitrogens with zero attached hydrogens (tertiary/aromatic N) is 1. The number of halogens is 1. The van der Waals surface area contributed by atoms with Crippen molar-refractivity contribution in [2.45, 2.75) is 84.0 Å². The van der Waals surface area contributed by atoms with Gasteiger partial charge in [0.05, 0.1) is 11.6 Å². The fourth-order valence-electron chi connectivity index (χ4n) is 5.45. The third-order valence-electron chi connectivity index (χ3n) is 7.27. The average Bonchev–Trinajstić information content (AvgIpc) is 2.73. The molecule has 0 unspecified atom stereocenters. The molecule has 0 aromatic heterocycles. The molecule has 3 rings (SSSR count). The SMILES string of the molecule is CCCCCC1CCC(C2CCC(/C=C/c3cc(Br)ccc3C#N)CC2)CC1. The van der Waals surface area contributed by atoms with Crippen LogP contribution in [0, 0.1) is 35.0 Å². The summed E-state index contributed by atoms with van der Waals surface area (Å²) in [6, 6.07) is 8.21. The molecule has 0 saturated heterocycles. The van der Waals surface area contributed by atoms with Gasteiger partial charge in [-0.3, -0.25) is 0 Å². The molecule has 0 N–H and O–H groups in total. The monoisotopic (exact) mass is 441 g/mol. The molecule has 1 nitrogen and oxygen atoms in total. The van der Waals surface area contributed by atoms with Gasteiger partial charge in [-0.05, 0) is 86.0 Å². The smallest absolute Gasteiger partial charge is 0.0997 e. The second kappa shape index (κ2) is 11.2. The summed E-state index contributed by atoms with van der Waals surface area (Å²) in [6.45, 7) is 2.31. The van der Waals surface area contributed by atoms with Gasteiger partial charge in [0.15, 0.2) is 0 Å². The van der Waals surface area contributed by atoms with Crippen LogP contribution >= 0.6 is 15.9 Å². The molecule has 1 aromatic rings. The molecule has 0 heterocycles. The normalized spacial score (nSPS) is 28.3. The van der Waals surface area contributed by atoms with Crippen LogP contribution < -0.4 is 0 Å². The van der Waals surface area contributed by atoms with E-state index in [0.29, 0.717) is 5.92 Å². The molecule has 2 fully saturated rings. The maximum absolute atomic E-state index is 9.31. The number of hydrogen-bond acceptors (Lipinski definition) is 1. The molecule has 0 aliphatic heterocycles. The van der Waals surface area contributed by atoms with E-state index < -0.39 is 0 Å². The molecule has 28 heavy (non-hydrogen) atoms. The van der Waals surface area contributed by atoms with Crippen LogP contribution in [-0.4, -0.2) is 0 Å². The highest BCUT2D eigenvalue weighted by Crippen LogP contribution is 2.42. The standard InChI is InChI=1S/C26H36BrN/c1-2-3-4-5-20-6-11-22(12-7-20)23-13-8-21(9-14-23)10-15-24-18-26(27)17-16-25(24)19-28/h10,15-18,20-23H,2-9,11-14H2,1H3/b15-10+. The first-order valence-corrected chi connectivity index (χ1v) is 12.4. The molecule has 2 saturated carbocycles.